The summed E-state index contributed by atoms with van der Waals surface area (Å²) in [5.74, 6) is 0.464. The van der Waals surface area contributed by atoms with Crippen LogP contribution in [0.2, 0.25) is 5.15 Å². The van der Waals surface area contributed by atoms with Crippen LogP contribution >= 0.6 is 27.5 Å². The lowest BCUT2D eigenvalue weighted by Crippen LogP contribution is -2.00. The number of hydrogen-bond donors (Lipinski definition) is 0. The molecule has 1 heterocycles. The van der Waals surface area contributed by atoms with Crippen molar-refractivity contribution in [3.8, 4) is 11.6 Å². The molecule has 0 bridgehead atoms. The zero-order chi connectivity index (χ0) is 14.0. The van der Waals surface area contributed by atoms with Gasteiger partial charge in [-0.25, -0.2) is 9.37 Å². The van der Waals surface area contributed by atoms with E-state index >= 15 is 0 Å². The van der Waals surface area contributed by atoms with E-state index < -0.39 is 5.82 Å². The molecule has 0 radical (unpaired) electrons. The molecule has 1 aromatic heterocycles. The molecule has 100 valence electrons. The van der Waals surface area contributed by atoms with Gasteiger partial charge in [0.25, 0.3) is 0 Å². The van der Waals surface area contributed by atoms with E-state index in [1.165, 1.54) is 12.1 Å². The molecule has 0 aliphatic rings. The standard InChI is InChI=1S/C13H11BrClFN2O/c1-3-11-17-12(15)7(2)13(18-11)19-10-5-4-8(14)6-9(10)16/h4-6H,3H2,1-2H3. The summed E-state index contributed by atoms with van der Waals surface area (Å²) < 4.78 is 19.8. The van der Waals surface area contributed by atoms with Crippen LogP contribution in [-0.2, 0) is 6.42 Å². The van der Waals surface area contributed by atoms with E-state index in [0.29, 0.717) is 27.4 Å². The van der Waals surface area contributed by atoms with E-state index in [1.54, 1.807) is 13.0 Å². The lowest BCUT2D eigenvalue weighted by Gasteiger charge is -2.10. The predicted molar refractivity (Wildman–Crippen MR) is 75.3 cm³/mol. The van der Waals surface area contributed by atoms with Crippen LogP contribution in [0.4, 0.5) is 4.39 Å². The first kappa shape index (κ1) is 14.2. The van der Waals surface area contributed by atoms with Gasteiger partial charge < -0.3 is 4.74 Å². The minimum Gasteiger partial charge on any atom is -0.435 e. The highest BCUT2D eigenvalue weighted by Gasteiger charge is 2.13. The molecular weight excluding hydrogens is 335 g/mol. The number of aryl methyl sites for hydroxylation is 1. The molecule has 0 fully saturated rings. The summed E-state index contributed by atoms with van der Waals surface area (Å²) in [6.07, 6.45) is 0.624. The summed E-state index contributed by atoms with van der Waals surface area (Å²) >= 11 is 9.18. The fourth-order valence-electron chi connectivity index (χ4n) is 1.43. The fraction of sp³-hybridized carbons (Fsp3) is 0.231. The van der Waals surface area contributed by atoms with Gasteiger partial charge in [0.05, 0.1) is 0 Å². The molecule has 0 spiro atoms. The number of hydrogen-bond acceptors (Lipinski definition) is 3. The third-order valence-corrected chi connectivity index (χ3v) is 3.37. The van der Waals surface area contributed by atoms with Crippen LogP contribution < -0.4 is 4.74 Å². The molecular formula is C13H11BrClFN2O. The van der Waals surface area contributed by atoms with Crippen LogP contribution in [0.5, 0.6) is 11.6 Å². The molecule has 0 saturated carbocycles. The van der Waals surface area contributed by atoms with Crippen LogP contribution in [0.25, 0.3) is 0 Å². The Balaban J connectivity index is 2.40. The van der Waals surface area contributed by atoms with E-state index in [1.807, 2.05) is 6.92 Å². The van der Waals surface area contributed by atoms with Crippen molar-refractivity contribution in [3.63, 3.8) is 0 Å². The van der Waals surface area contributed by atoms with Gasteiger partial charge in [-0.1, -0.05) is 34.5 Å². The average Bonchev–Trinajstić information content (AvgIpc) is 2.37. The largest absolute Gasteiger partial charge is 0.435 e. The monoisotopic (exact) mass is 344 g/mol. The minimum atomic E-state index is -0.471. The highest BCUT2D eigenvalue weighted by molar-refractivity contribution is 9.10. The van der Waals surface area contributed by atoms with Gasteiger partial charge >= 0.3 is 0 Å². The van der Waals surface area contributed by atoms with Gasteiger partial charge in [0.2, 0.25) is 5.88 Å². The lowest BCUT2D eigenvalue weighted by molar-refractivity contribution is 0.421. The number of rotatable bonds is 3. The fourth-order valence-corrected chi connectivity index (χ4v) is 1.94. The number of aromatic nitrogens is 2. The topological polar surface area (TPSA) is 35.0 Å². The van der Waals surface area contributed by atoms with Crippen molar-refractivity contribution in [2.75, 3.05) is 0 Å². The molecule has 3 nitrogen and oxygen atoms in total. The highest BCUT2D eigenvalue weighted by atomic mass is 79.9. The average molecular weight is 346 g/mol. The summed E-state index contributed by atoms with van der Waals surface area (Å²) in [4.78, 5) is 8.32. The summed E-state index contributed by atoms with van der Waals surface area (Å²) in [5, 5.41) is 0.319. The van der Waals surface area contributed by atoms with E-state index in [2.05, 4.69) is 25.9 Å². The summed E-state index contributed by atoms with van der Waals surface area (Å²) in [5.41, 5.74) is 0.584. The number of halogens is 3. The third kappa shape index (κ3) is 3.22. The zero-order valence-electron chi connectivity index (χ0n) is 10.4. The Morgan fingerprint density at radius 1 is 1.37 bits per heavy atom. The Hall–Kier alpha value is -1.20. The van der Waals surface area contributed by atoms with Gasteiger partial charge in [-0.2, -0.15) is 4.98 Å². The van der Waals surface area contributed by atoms with E-state index in [4.69, 9.17) is 16.3 Å². The number of benzene rings is 1. The van der Waals surface area contributed by atoms with Crippen molar-refractivity contribution in [1.29, 1.82) is 0 Å². The number of ether oxygens (including phenoxy) is 1. The van der Waals surface area contributed by atoms with Gasteiger partial charge in [0.1, 0.15) is 11.0 Å². The molecule has 19 heavy (non-hydrogen) atoms. The molecule has 0 unspecified atom stereocenters. The van der Waals surface area contributed by atoms with Crippen molar-refractivity contribution < 1.29 is 9.13 Å². The van der Waals surface area contributed by atoms with Crippen LogP contribution in [0.15, 0.2) is 22.7 Å². The maximum Gasteiger partial charge on any atom is 0.227 e. The van der Waals surface area contributed by atoms with E-state index in [-0.39, 0.29) is 11.6 Å². The lowest BCUT2D eigenvalue weighted by atomic mass is 10.3. The van der Waals surface area contributed by atoms with Crippen LogP contribution in [-0.4, -0.2) is 9.97 Å². The van der Waals surface area contributed by atoms with Crippen molar-refractivity contribution >= 4 is 27.5 Å². The first-order valence-electron chi connectivity index (χ1n) is 5.67. The predicted octanol–water partition coefficient (Wildman–Crippen LogP) is 4.69. The molecule has 0 atom stereocenters. The van der Waals surface area contributed by atoms with Crippen LogP contribution in [0, 0.1) is 12.7 Å². The SMILES string of the molecule is CCc1nc(Cl)c(C)c(Oc2ccc(Br)cc2F)n1. The third-order valence-electron chi connectivity index (χ3n) is 2.50. The van der Waals surface area contributed by atoms with Crippen molar-refractivity contribution in [3.05, 3.63) is 45.0 Å². The van der Waals surface area contributed by atoms with Crippen molar-refractivity contribution in [1.82, 2.24) is 9.97 Å². The first-order valence-corrected chi connectivity index (χ1v) is 6.84. The molecule has 0 aliphatic heterocycles. The number of nitrogens with zero attached hydrogens (tertiary/aromatic N) is 2. The molecule has 6 heteroatoms. The molecule has 2 aromatic rings. The molecule has 1 aromatic carbocycles. The van der Waals surface area contributed by atoms with E-state index in [0.717, 1.165) is 0 Å². The van der Waals surface area contributed by atoms with Gasteiger partial charge in [0, 0.05) is 16.5 Å². The zero-order valence-corrected chi connectivity index (χ0v) is 12.7. The molecule has 0 N–H and O–H groups in total. The summed E-state index contributed by atoms with van der Waals surface area (Å²) in [6.45, 7) is 3.64. The maximum atomic E-state index is 13.7. The Labute approximate surface area is 123 Å². The second-order valence-corrected chi connectivity index (χ2v) is 5.16. The molecule has 0 amide bonds. The Kier molecular flexibility index (Phi) is 4.37. The highest BCUT2D eigenvalue weighted by Crippen LogP contribution is 2.30. The van der Waals surface area contributed by atoms with Gasteiger partial charge in [0.15, 0.2) is 11.6 Å². The normalized spacial score (nSPS) is 10.6. The summed E-state index contributed by atoms with van der Waals surface area (Å²) in [6, 6.07) is 4.55. The minimum absolute atomic E-state index is 0.100. The molecule has 0 aliphatic carbocycles. The van der Waals surface area contributed by atoms with Crippen LogP contribution in [0.3, 0.4) is 0 Å². The van der Waals surface area contributed by atoms with E-state index in [9.17, 15) is 4.39 Å². The summed E-state index contributed by atoms with van der Waals surface area (Å²) in [7, 11) is 0. The molecule has 2 rings (SSSR count). The smallest absolute Gasteiger partial charge is 0.227 e. The molecule has 0 saturated heterocycles. The Morgan fingerprint density at radius 2 is 2.11 bits per heavy atom. The second kappa shape index (κ2) is 5.84. The quantitative estimate of drug-likeness (QED) is 0.757. The van der Waals surface area contributed by atoms with Crippen molar-refractivity contribution in [2.45, 2.75) is 20.3 Å². The second-order valence-electron chi connectivity index (χ2n) is 3.89. The van der Waals surface area contributed by atoms with Gasteiger partial charge in [-0.05, 0) is 25.1 Å². The Morgan fingerprint density at radius 3 is 2.74 bits per heavy atom. The first-order chi connectivity index (χ1) is 9.01. The maximum absolute atomic E-state index is 13.7. The van der Waals surface area contributed by atoms with Crippen LogP contribution in [0.1, 0.15) is 18.3 Å². The van der Waals surface area contributed by atoms with Gasteiger partial charge in [-0.3, -0.25) is 0 Å². The van der Waals surface area contributed by atoms with Crippen molar-refractivity contribution in [2.24, 2.45) is 0 Å². The van der Waals surface area contributed by atoms with Gasteiger partial charge in [-0.15, -0.1) is 0 Å². The Bertz CT molecular complexity index is 622.